The summed E-state index contributed by atoms with van der Waals surface area (Å²) in [7, 11) is 1.37. The van der Waals surface area contributed by atoms with E-state index in [9.17, 15) is 15.0 Å². The Kier molecular flexibility index (Phi) is 3.35. The Morgan fingerprint density at radius 3 is 2.57 bits per heavy atom. The fraction of sp³-hybridized carbons (Fsp3) is 0.222. The maximum Gasteiger partial charge on any atom is 0.200 e. The third-order valence-corrected chi connectivity index (χ3v) is 2.49. The molecule has 0 aliphatic rings. The minimum atomic E-state index is -0.640. The Balaban J connectivity index is 3.23. The average Bonchev–Trinajstić information content (AvgIpc) is 2.21. The lowest BCUT2D eigenvalue weighted by molar-refractivity contribution is -0.107. The molecule has 76 valence electrons. The van der Waals surface area contributed by atoms with Crippen LogP contribution in [0.3, 0.4) is 0 Å². The molecule has 0 amide bonds. The fourth-order valence-electron chi connectivity index (χ4n) is 1.04. The molecule has 0 radical (unpaired) electrons. The molecule has 5 heteroatoms. The van der Waals surface area contributed by atoms with Crippen molar-refractivity contribution in [2.45, 2.75) is 4.83 Å². The maximum atomic E-state index is 10.5. The lowest BCUT2D eigenvalue weighted by Gasteiger charge is -2.10. The van der Waals surface area contributed by atoms with Crippen LogP contribution in [-0.2, 0) is 4.79 Å². The zero-order chi connectivity index (χ0) is 10.7. The molecule has 0 saturated carbocycles. The third kappa shape index (κ3) is 1.82. The molecule has 0 spiro atoms. The lowest BCUT2D eigenvalue weighted by Crippen LogP contribution is -1.93. The number of alkyl halides is 1. The van der Waals surface area contributed by atoms with Crippen LogP contribution in [-0.4, -0.2) is 23.6 Å². The normalized spacial score (nSPS) is 12.1. The van der Waals surface area contributed by atoms with Crippen LogP contribution in [0.2, 0.25) is 0 Å². The van der Waals surface area contributed by atoms with Crippen LogP contribution in [0.25, 0.3) is 0 Å². The number of carbonyl (C=O) groups excluding carboxylic acids is 1. The monoisotopic (exact) mass is 260 g/mol. The van der Waals surface area contributed by atoms with Crippen molar-refractivity contribution in [1.82, 2.24) is 0 Å². The molecule has 0 bridgehead atoms. The predicted molar refractivity (Wildman–Crippen MR) is 54.1 cm³/mol. The molecule has 14 heavy (non-hydrogen) atoms. The summed E-state index contributed by atoms with van der Waals surface area (Å²) < 4.78 is 4.78. The molecule has 1 unspecified atom stereocenters. The van der Waals surface area contributed by atoms with E-state index in [1.807, 2.05) is 0 Å². The first-order valence-electron chi connectivity index (χ1n) is 3.80. The molecular formula is C9H9BrO4. The van der Waals surface area contributed by atoms with E-state index < -0.39 is 4.83 Å². The minimum absolute atomic E-state index is 0.164. The van der Waals surface area contributed by atoms with Crippen molar-refractivity contribution in [2.24, 2.45) is 0 Å². The van der Waals surface area contributed by atoms with Crippen molar-refractivity contribution in [3.05, 3.63) is 17.7 Å². The zero-order valence-electron chi connectivity index (χ0n) is 7.40. The van der Waals surface area contributed by atoms with Gasteiger partial charge in [-0.2, -0.15) is 0 Å². The van der Waals surface area contributed by atoms with E-state index >= 15 is 0 Å². The first-order valence-corrected chi connectivity index (χ1v) is 4.71. The topological polar surface area (TPSA) is 66.8 Å². The summed E-state index contributed by atoms with van der Waals surface area (Å²) in [5.74, 6) is -0.550. The van der Waals surface area contributed by atoms with Gasteiger partial charge in [0, 0.05) is 5.56 Å². The van der Waals surface area contributed by atoms with Gasteiger partial charge in [-0.05, 0) is 12.1 Å². The van der Waals surface area contributed by atoms with E-state index in [2.05, 4.69) is 15.9 Å². The zero-order valence-corrected chi connectivity index (χ0v) is 8.98. The molecule has 0 aliphatic carbocycles. The number of ether oxygens (including phenoxy) is 1. The Morgan fingerprint density at radius 1 is 1.43 bits per heavy atom. The summed E-state index contributed by atoms with van der Waals surface area (Å²) >= 11 is 3.04. The van der Waals surface area contributed by atoms with E-state index in [-0.39, 0.29) is 17.2 Å². The minimum Gasteiger partial charge on any atom is -0.504 e. The molecule has 1 rings (SSSR count). The molecule has 1 atom stereocenters. The van der Waals surface area contributed by atoms with E-state index in [1.54, 1.807) is 0 Å². The highest BCUT2D eigenvalue weighted by molar-refractivity contribution is 9.09. The second-order valence-electron chi connectivity index (χ2n) is 2.59. The summed E-state index contributed by atoms with van der Waals surface area (Å²) in [4.78, 5) is 9.81. The Labute approximate surface area is 89.3 Å². The number of hydrogen-bond donors (Lipinski definition) is 2. The van der Waals surface area contributed by atoms with Crippen molar-refractivity contribution < 1.29 is 19.7 Å². The van der Waals surface area contributed by atoms with Gasteiger partial charge in [0.1, 0.15) is 6.29 Å². The maximum absolute atomic E-state index is 10.5. The molecule has 0 aliphatic heterocycles. The highest BCUT2D eigenvalue weighted by Crippen LogP contribution is 2.41. The van der Waals surface area contributed by atoms with Gasteiger partial charge in [-0.25, -0.2) is 0 Å². The van der Waals surface area contributed by atoms with Crippen LogP contribution >= 0.6 is 15.9 Å². The molecule has 0 fully saturated rings. The number of rotatable bonds is 3. The van der Waals surface area contributed by atoms with Crippen LogP contribution in [0.1, 0.15) is 10.4 Å². The number of hydrogen-bond acceptors (Lipinski definition) is 4. The van der Waals surface area contributed by atoms with Crippen molar-refractivity contribution in [3.8, 4) is 17.2 Å². The number of benzene rings is 1. The van der Waals surface area contributed by atoms with Gasteiger partial charge in [0.05, 0.1) is 11.9 Å². The highest BCUT2D eigenvalue weighted by atomic mass is 79.9. The summed E-state index contributed by atoms with van der Waals surface area (Å²) in [5.41, 5.74) is 0.304. The Hall–Kier alpha value is -1.23. The first-order chi connectivity index (χ1) is 6.61. The Bertz CT molecular complexity index is 351. The van der Waals surface area contributed by atoms with Gasteiger partial charge in [0.25, 0.3) is 0 Å². The summed E-state index contributed by atoms with van der Waals surface area (Å²) in [6.07, 6.45) is 0.612. The standard InChI is InChI=1S/C9H9BrO4/c1-14-7-3-2-5(6(10)4-11)8(12)9(7)13/h2-4,6,12-13H,1H3. The van der Waals surface area contributed by atoms with Gasteiger partial charge < -0.3 is 19.7 Å². The van der Waals surface area contributed by atoms with Gasteiger partial charge >= 0.3 is 0 Å². The number of methoxy groups -OCH3 is 1. The van der Waals surface area contributed by atoms with Crippen molar-refractivity contribution >= 4 is 22.2 Å². The number of phenols is 2. The van der Waals surface area contributed by atoms with Gasteiger partial charge in [-0.1, -0.05) is 15.9 Å². The summed E-state index contributed by atoms with van der Waals surface area (Å²) in [6, 6.07) is 2.98. The van der Waals surface area contributed by atoms with Crippen LogP contribution in [0.4, 0.5) is 0 Å². The number of halogens is 1. The molecular weight excluding hydrogens is 252 g/mol. The third-order valence-electron chi connectivity index (χ3n) is 1.78. The molecule has 0 aromatic heterocycles. The van der Waals surface area contributed by atoms with E-state index in [0.29, 0.717) is 11.8 Å². The molecule has 2 N–H and O–H groups in total. The predicted octanol–water partition coefficient (Wildman–Crippen LogP) is 1.74. The lowest BCUT2D eigenvalue weighted by atomic mass is 10.1. The average molecular weight is 261 g/mol. The van der Waals surface area contributed by atoms with Crippen LogP contribution in [0, 0.1) is 0 Å². The SMILES string of the molecule is COc1ccc(C(Br)C=O)c(O)c1O. The molecule has 1 aromatic rings. The Morgan fingerprint density at radius 2 is 2.07 bits per heavy atom. The number of aromatic hydroxyl groups is 2. The largest absolute Gasteiger partial charge is 0.504 e. The quantitative estimate of drug-likeness (QED) is 0.494. The van der Waals surface area contributed by atoms with Crippen LogP contribution in [0.5, 0.6) is 17.2 Å². The van der Waals surface area contributed by atoms with Gasteiger partial charge in [-0.3, -0.25) is 0 Å². The van der Waals surface area contributed by atoms with Crippen LogP contribution < -0.4 is 4.74 Å². The van der Waals surface area contributed by atoms with Gasteiger partial charge in [-0.15, -0.1) is 0 Å². The van der Waals surface area contributed by atoms with E-state index in [1.165, 1.54) is 19.2 Å². The number of carbonyl (C=O) groups is 1. The first kappa shape index (κ1) is 10.8. The summed E-state index contributed by atoms with van der Waals surface area (Å²) in [5, 5.41) is 18.9. The number of phenolic OH excluding ortho intramolecular Hbond substituents is 2. The molecule has 1 aromatic carbocycles. The van der Waals surface area contributed by atoms with Gasteiger partial charge in [0.2, 0.25) is 5.75 Å². The van der Waals surface area contributed by atoms with Gasteiger partial charge in [0.15, 0.2) is 11.5 Å². The highest BCUT2D eigenvalue weighted by Gasteiger charge is 2.17. The molecule has 4 nitrogen and oxygen atoms in total. The smallest absolute Gasteiger partial charge is 0.200 e. The van der Waals surface area contributed by atoms with Crippen molar-refractivity contribution in [1.29, 1.82) is 0 Å². The second-order valence-corrected chi connectivity index (χ2v) is 3.58. The van der Waals surface area contributed by atoms with Crippen LogP contribution in [0.15, 0.2) is 12.1 Å². The van der Waals surface area contributed by atoms with Crippen molar-refractivity contribution in [2.75, 3.05) is 7.11 Å². The fourth-order valence-corrected chi connectivity index (χ4v) is 1.41. The second kappa shape index (κ2) is 4.32. The van der Waals surface area contributed by atoms with E-state index in [4.69, 9.17) is 4.74 Å². The molecule has 0 saturated heterocycles. The summed E-state index contributed by atoms with van der Waals surface area (Å²) in [6.45, 7) is 0. The number of aldehydes is 1. The van der Waals surface area contributed by atoms with Crippen molar-refractivity contribution in [3.63, 3.8) is 0 Å². The van der Waals surface area contributed by atoms with E-state index in [0.717, 1.165) is 0 Å². The molecule has 0 heterocycles.